The molecule has 0 amide bonds. The molecule has 0 bridgehead atoms. The van der Waals surface area contributed by atoms with Crippen LogP contribution in [0.5, 0.6) is 0 Å². The number of halogens is 1. The van der Waals surface area contributed by atoms with Crippen LogP contribution in [-0.4, -0.2) is 5.11 Å². The Bertz CT molecular complexity index is 557. The molecule has 1 N–H and O–H groups in total. The maximum atomic E-state index is 10.6. The van der Waals surface area contributed by atoms with Crippen molar-refractivity contribution >= 4 is 15.9 Å². The molecule has 0 fully saturated rings. The van der Waals surface area contributed by atoms with E-state index in [1.54, 1.807) is 0 Å². The third-order valence-electron chi connectivity index (χ3n) is 2.64. The molecule has 17 heavy (non-hydrogen) atoms. The SMILES string of the molecule is C#CC(O)(c1ccccc1)c1cccc(Br)c1. The largest absolute Gasteiger partial charge is 0.369 e. The molecule has 2 heteroatoms. The Morgan fingerprint density at radius 1 is 1.00 bits per heavy atom. The maximum Gasteiger partial charge on any atom is 0.176 e. The quantitative estimate of drug-likeness (QED) is 0.840. The lowest BCUT2D eigenvalue weighted by molar-refractivity contribution is 0.145. The summed E-state index contributed by atoms with van der Waals surface area (Å²) in [6.45, 7) is 0. The normalized spacial score (nSPS) is 13.7. The van der Waals surface area contributed by atoms with Gasteiger partial charge in [0, 0.05) is 15.6 Å². The van der Waals surface area contributed by atoms with Gasteiger partial charge in [0.2, 0.25) is 0 Å². The van der Waals surface area contributed by atoms with Crippen molar-refractivity contribution in [3.63, 3.8) is 0 Å². The molecule has 1 atom stereocenters. The second kappa shape index (κ2) is 4.75. The van der Waals surface area contributed by atoms with E-state index in [1.807, 2.05) is 54.6 Å². The number of rotatable bonds is 2. The summed E-state index contributed by atoms with van der Waals surface area (Å²) >= 11 is 3.38. The summed E-state index contributed by atoms with van der Waals surface area (Å²) in [5.41, 5.74) is -0.00780. The summed E-state index contributed by atoms with van der Waals surface area (Å²) in [5, 5.41) is 10.6. The lowest BCUT2D eigenvalue weighted by atomic mass is 9.87. The van der Waals surface area contributed by atoms with E-state index in [9.17, 15) is 5.11 Å². The van der Waals surface area contributed by atoms with Crippen LogP contribution in [0, 0.1) is 12.3 Å². The lowest BCUT2D eigenvalue weighted by Crippen LogP contribution is -2.24. The average molecular weight is 287 g/mol. The van der Waals surface area contributed by atoms with Crippen molar-refractivity contribution in [1.82, 2.24) is 0 Å². The van der Waals surface area contributed by atoms with Crippen LogP contribution >= 0.6 is 15.9 Å². The first-order chi connectivity index (χ1) is 8.16. The zero-order chi connectivity index (χ0) is 12.3. The number of hydrogen-bond donors (Lipinski definition) is 1. The molecule has 1 unspecified atom stereocenters. The third kappa shape index (κ3) is 2.26. The van der Waals surface area contributed by atoms with Crippen molar-refractivity contribution in [2.75, 3.05) is 0 Å². The fraction of sp³-hybridized carbons (Fsp3) is 0.0667. The molecular formula is C15H11BrO. The number of terminal acetylenes is 1. The fourth-order valence-corrected chi connectivity index (χ4v) is 2.13. The lowest BCUT2D eigenvalue weighted by Gasteiger charge is -2.23. The first kappa shape index (κ1) is 11.9. The molecule has 0 aliphatic carbocycles. The van der Waals surface area contributed by atoms with E-state index in [0.717, 1.165) is 4.47 Å². The van der Waals surface area contributed by atoms with Crippen LogP contribution < -0.4 is 0 Å². The summed E-state index contributed by atoms with van der Waals surface area (Å²) in [7, 11) is 0. The first-order valence-electron chi connectivity index (χ1n) is 5.18. The zero-order valence-electron chi connectivity index (χ0n) is 9.10. The van der Waals surface area contributed by atoms with E-state index in [-0.39, 0.29) is 0 Å². The first-order valence-corrected chi connectivity index (χ1v) is 5.98. The molecule has 2 rings (SSSR count). The number of hydrogen-bond acceptors (Lipinski definition) is 1. The number of aliphatic hydroxyl groups is 1. The highest BCUT2D eigenvalue weighted by Crippen LogP contribution is 2.30. The summed E-state index contributed by atoms with van der Waals surface area (Å²) in [5.74, 6) is 2.47. The summed E-state index contributed by atoms with van der Waals surface area (Å²) in [6.07, 6.45) is 5.51. The van der Waals surface area contributed by atoms with E-state index in [2.05, 4.69) is 21.9 Å². The molecule has 2 aromatic carbocycles. The maximum absolute atomic E-state index is 10.6. The minimum absolute atomic E-state index is 0.681. The molecule has 2 aromatic rings. The molecule has 1 nitrogen and oxygen atoms in total. The minimum Gasteiger partial charge on any atom is -0.369 e. The summed E-state index contributed by atoms with van der Waals surface area (Å²) < 4.78 is 0.889. The van der Waals surface area contributed by atoms with E-state index in [4.69, 9.17) is 6.42 Å². The van der Waals surface area contributed by atoms with Gasteiger partial charge in [0.05, 0.1) is 0 Å². The summed E-state index contributed by atoms with van der Waals surface area (Å²) in [4.78, 5) is 0. The highest BCUT2D eigenvalue weighted by molar-refractivity contribution is 9.10. The van der Waals surface area contributed by atoms with Crippen LogP contribution in [0.3, 0.4) is 0 Å². The van der Waals surface area contributed by atoms with Gasteiger partial charge in [0.1, 0.15) is 0 Å². The Hall–Kier alpha value is -1.56. The van der Waals surface area contributed by atoms with E-state index in [0.29, 0.717) is 11.1 Å². The Balaban J connectivity index is 2.57. The van der Waals surface area contributed by atoms with Crippen LogP contribution in [0.2, 0.25) is 0 Å². The van der Waals surface area contributed by atoms with Gasteiger partial charge in [0.25, 0.3) is 0 Å². The second-order valence-corrected chi connectivity index (χ2v) is 4.65. The Morgan fingerprint density at radius 2 is 1.65 bits per heavy atom. The minimum atomic E-state index is -1.38. The Labute approximate surface area is 109 Å². The van der Waals surface area contributed by atoms with Crippen LogP contribution in [0.1, 0.15) is 11.1 Å². The van der Waals surface area contributed by atoms with Gasteiger partial charge in [0.15, 0.2) is 5.60 Å². The highest BCUT2D eigenvalue weighted by atomic mass is 79.9. The molecule has 0 heterocycles. The van der Waals surface area contributed by atoms with Gasteiger partial charge in [-0.05, 0) is 12.1 Å². The molecule has 0 aromatic heterocycles. The second-order valence-electron chi connectivity index (χ2n) is 3.73. The van der Waals surface area contributed by atoms with Gasteiger partial charge in [-0.1, -0.05) is 64.3 Å². The molecule has 0 spiro atoms. The van der Waals surface area contributed by atoms with Gasteiger partial charge in [-0.25, -0.2) is 0 Å². The van der Waals surface area contributed by atoms with E-state index in [1.165, 1.54) is 0 Å². The fourth-order valence-electron chi connectivity index (χ4n) is 1.73. The third-order valence-corrected chi connectivity index (χ3v) is 3.14. The van der Waals surface area contributed by atoms with Crippen molar-refractivity contribution in [2.24, 2.45) is 0 Å². The van der Waals surface area contributed by atoms with Gasteiger partial charge in [-0.2, -0.15) is 0 Å². The molecule has 0 saturated carbocycles. The molecule has 0 aliphatic rings. The standard InChI is InChI=1S/C15H11BrO/c1-2-15(17,12-7-4-3-5-8-12)13-9-6-10-14(16)11-13/h1,3-11,17H. The predicted molar refractivity (Wildman–Crippen MR) is 72.4 cm³/mol. The molecule has 0 aliphatic heterocycles. The van der Waals surface area contributed by atoms with Crippen molar-refractivity contribution < 1.29 is 5.11 Å². The Kier molecular flexibility index (Phi) is 3.33. The van der Waals surface area contributed by atoms with Gasteiger partial charge in [-0.3, -0.25) is 0 Å². The van der Waals surface area contributed by atoms with Crippen molar-refractivity contribution in [3.8, 4) is 12.3 Å². The van der Waals surface area contributed by atoms with E-state index < -0.39 is 5.60 Å². The molecule has 0 radical (unpaired) electrons. The molecule has 0 saturated heterocycles. The molecular weight excluding hydrogens is 276 g/mol. The van der Waals surface area contributed by atoms with Gasteiger partial charge in [-0.15, -0.1) is 6.42 Å². The van der Waals surface area contributed by atoms with Gasteiger partial charge >= 0.3 is 0 Å². The zero-order valence-corrected chi connectivity index (χ0v) is 10.7. The summed E-state index contributed by atoms with van der Waals surface area (Å²) in [6, 6.07) is 16.6. The van der Waals surface area contributed by atoms with Crippen LogP contribution in [0.15, 0.2) is 59.1 Å². The van der Waals surface area contributed by atoms with Crippen molar-refractivity contribution in [2.45, 2.75) is 5.60 Å². The number of benzene rings is 2. The van der Waals surface area contributed by atoms with Crippen molar-refractivity contribution in [1.29, 1.82) is 0 Å². The van der Waals surface area contributed by atoms with E-state index >= 15 is 0 Å². The monoisotopic (exact) mass is 286 g/mol. The van der Waals surface area contributed by atoms with Crippen LogP contribution in [0.4, 0.5) is 0 Å². The predicted octanol–water partition coefficient (Wildman–Crippen LogP) is 3.32. The average Bonchev–Trinajstić information content (AvgIpc) is 2.39. The van der Waals surface area contributed by atoms with Crippen molar-refractivity contribution in [3.05, 3.63) is 70.2 Å². The topological polar surface area (TPSA) is 20.2 Å². The molecule has 84 valence electrons. The highest BCUT2D eigenvalue weighted by Gasteiger charge is 2.28. The van der Waals surface area contributed by atoms with Crippen LogP contribution in [-0.2, 0) is 5.60 Å². The smallest absolute Gasteiger partial charge is 0.176 e. The van der Waals surface area contributed by atoms with Crippen LogP contribution in [0.25, 0.3) is 0 Å². The Morgan fingerprint density at radius 3 is 2.24 bits per heavy atom. The van der Waals surface area contributed by atoms with Gasteiger partial charge < -0.3 is 5.11 Å².